The number of hydrogen-bond donors (Lipinski definition) is 1. The highest BCUT2D eigenvalue weighted by Crippen LogP contribution is 2.40. The number of ketones is 1. The Kier molecular flexibility index (Phi) is 6.27. The number of nitro groups is 1. The van der Waals surface area contributed by atoms with E-state index in [9.17, 15) is 24.8 Å². The maximum absolute atomic E-state index is 13.1. The van der Waals surface area contributed by atoms with Gasteiger partial charge in [0.25, 0.3) is 17.4 Å². The smallest absolute Gasteiger partial charge is 0.295 e. The number of imidazole rings is 1. The lowest BCUT2D eigenvalue weighted by Crippen LogP contribution is -2.31. The summed E-state index contributed by atoms with van der Waals surface area (Å²) in [4.78, 5) is 42.2. The van der Waals surface area contributed by atoms with Crippen LogP contribution in [0.15, 0.2) is 66.8 Å². The molecular formula is C25H24N4O5. The topological polar surface area (TPSA) is 119 Å². The second kappa shape index (κ2) is 9.30. The largest absolute Gasteiger partial charge is 0.507 e. The first kappa shape index (κ1) is 22.9. The Labute approximate surface area is 196 Å². The van der Waals surface area contributed by atoms with Gasteiger partial charge in [-0.1, -0.05) is 17.7 Å². The molecule has 1 aromatic heterocycles. The lowest BCUT2D eigenvalue weighted by molar-refractivity contribution is -0.384. The number of aromatic nitrogens is 2. The van der Waals surface area contributed by atoms with Crippen molar-refractivity contribution in [3.05, 3.63) is 99.1 Å². The zero-order valence-electron chi connectivity index (χ0n) is 18.8. The second-order valence-corrected chi connectivity index (χ2v) is 8.31. The molecule has 4 rings (SSSR count). The van der Waals surface area contributed by atoms with Crippen molar-refractivity contribution in [2.75, 3.05) is 6.54 Å². The summed E-state index contributed by atoms with van der Waals surface area (Å²) in [5, 5.41) is 22.4. The van der Waals surface area contributed by atoms with Gasteiger partial charge in [-0.2, -0.15) is 0 Å². The molecule has 1 saturated heterocycles. The van der Waals surface area contributed by atoms with Gasteiger partial charge in [0.05, 0.1) is 22.9 Å². The third kappa shape index (κ3) is 4.32. The van der Waals surface area contributed by atoms with Gasteiger partial charge in [-0.25, -0.2) is 4.98 Å². The van der Waals surface area contributed by atoms with E-state index in [1.807, 2.05) is 36.7 Å². The van der Waals surface area contributed by atoms with E-state index in [4.69, 9.17) is 0 Å². The summed E-state index contributed by atoms with van der Waals surface area (Å²) < 4.78 is 1.87. The SMILES string of the molecule is Cc1ccc(C)c(C(O)=C2C(=O)C(=O)N(CCCn3ccnc3)[C@H]2c2ccc([N+](=O)[O-])cc2)c1. The minimum absolute atomic E-state index is 0.0183. The van der Waals surface area contributed by atoms with Crippen LogP contribution in [-0.4, -0.2) is 42.7 Å². The Hall–Kier alpha value is -4.27. The molecule has 0 unspecified atom stereocenters. The number of aryl methyl sites for hydroxylation is 3. The third-order valence-electron chi connectivity index (χ3n) is 5.98. The normalized spacial score (nSPS) is 17.4. The molecule has 9 heteroatoms. The van der Waals surface area contributed by atoms with Crippen LogP contribution in [0.5, 0.6) is 0 Å². The molecule has 1 amide bonds. The molecule has 1 atom stereocenters. The number of nitrogens with zero attached hydrogens (tertiary/aromatic N) is 4. The molecule has 0 saturated carbocycles. The van der Waals surface area contributed by atoms with Gasteiger partial charge in [0, 0.05) is 43.2 Å². The van der Waals surface area contributed by atoms with E-state index in [1.165, 1.54) is 29.2 Å². The van der Waals surface area contributed by atoms with E-state index < -0.39 is 22.7 Å². The summed E-state index contributed by atoms with van der Waals surface area (Å²) in [6.07, 6.45) is 5.69. The predicted molar refractivity (Wildman–Crippen MR) is 125 cm³/mol. The first-order valence-corrected chi connectivity index (χ1v) is 10.8. The van der Waals surface area contributed by atoms with Crippen molar-refractivity contribution in [1.82, 2.24) is 14.5 Å². The Morgan fingerprint density at radius 2 is 1.85 bits per heavy atom. The summed E-state index contributed by atoms with van der Waals surface area (Å²) in [6.45, 7) is 4.54. The van der Waals surface area contributed by atoms with Crippen LogP contribution in [0.25, 0.3) is 5.76 Å². The summed E-state index contributed by atoms with van der Waals surface area (Å²) in [5.74, 6) is -1.73. The highest BCUT2D eigenvalue weighted by molar-refractivity contribution is 6.46. The van der Waals surface area contributed by atoms with Crippen LogP contribution >= 0.6 is 0 Å². The van der Waals surface area contributed by atoms with E-state index in [0.29, 0.717) is 24.1 Å². The van der Waals surface area contributed by atoms with Crippen LogP contribution < -0.4 is 0 Å². The number of carbonyl (C=O) groups is 2. The maximum Gasteiger partial charge on any atom is 0.295 e. The Bertz CT molecular complexity index is 1280. The van der Waals surface area contributed by atoms with Gasteiger partial charge in [-0.05, 0) is 49.6 Å². The highest BCUT2D eigenvalue weighted by Gasteiger charge is 2.46. The van der Waals surface area contributed by atoms with Crippen molar-refractivity contribution in [1.29, 1.82) is 0 Å². The molecule has 174 valence electrons. The number of aliphatic hydroxyl groups excluding tert-OH is 1. The molecule has 34 heavy (non-hydrogen) atoms. The van der Waals surface area contributed by atoms with Gasteiger partial charge in [0.1, 0.15) is 5.76 Å². The summed E-state index contributed by atoms with van der Waals surface area (Å²) in [7, 11) is 0. The standard InChI is InChI=1S/C25H24N4O5/c1-16-4-5-17(2)20(14-16)23(30)21-22(18-6-8-19(9-7-18)29(33)34)28(25(32)24(21)31)12-3-11-27-13-10-26-15-27/h4-10,13-15,22,30H,3,11-12H2,1-2H3/t22-/m0/s1. The molecular weight excluding hydrogens is 436 g/mol. The van der Waals surface area contributed by atoms with Crippen molar-refractivity contribution in [2.45, 2.75) is 32.9 Å². The fourth-order valence-corrected chi connectivity index (χ4v) is 4.21. The van der Waals surface area contributed by atoms with E-state index in [-0.39, 0.29) is 23.6 Å². The lowest BCUT2D eigenvalue weighted by atomic mass is 9.93. The molecule has 0 bridgehead atoms. The van der Waals surface area contributed by atoms with Gasteiger partial charge in [-0.15, -0.1) is 0 Å². The van der Waals surface area contributed by atoms with E-state index in [2.05, 4.69) is 4.98 Å². The second-order valence-electron chi connectivity index (χ2n) is 8.31. The maximum atomic E-state index is 13.1. The van der Waals surface area contributed by atoms with E-state index in [0.717, 1.165) is 11.1 Å². The lowest BCUT2D eigenvalue weighted by Gasteiger charge is -2.25. The van der Waals surface area contributed by atoms with Crippen LogP contribution in [0.1, 0.15) is 34.7 Å². The number of benzene rings is 2. The Balaban J connectivity index is 1.78. The highest BCUT2D eigenvalue weighted by atomic mass is 16.6. The number of likely N-dealkylation sites (tertiary alicyclic amines) is 1. The number of nitro benzene ring substituents is 1. The average molecular weight is 460 g/mol. The molecule has 1 N–H and O–H groups in total. The Morgan fingerprint density at radius 1 is 1.12 bits per heavy atom. The van der Waals surface area contributed by atoms with Crippen molar-refractivity contribution >= 4 is 23.1 Å². The number of non-ortho nitro benzene ring substituents is 1. The molecule has 3 aromatic rings. The minimum Gasteiger partial charge on any atom is -0.507 e. The van der Waals surface area contributed by atoms with E-state index >= 15 is 0 Å². The number of amides is 1. The molecule has 9 nitrogen and oxygen atoms in total. The van der Waals surface area contributed by atoms with Gasteiger partial charge in [-0.3, -0.25) is 19.7 Å². The van der Waals surface area contributed by atoms with Gasteiger partial charge in [0.15, 0.2) is 0 Å². The van der Waals surface area contributed by atoms with Crippen molar-refractivity contribution < 1.29 is 19.6 Å². The van der Waals surface area contributed by atoms with Crippen LogP contribution in [0, 0.1) is 24.0 Å². The average Bonchev–Trinajstić information content (AvgIpc) is 3.42. The fraction of sp³-hybridized carbons (Fsp3) is 0.240. The summed E-state index contributed by atoms with van der Waals surface area (Å²) in [6, 6.07) is 10.4. The van der Waals surface area contributed by atoms with Crippen LogP contribution in [-0.2, 0) is 16.1 Å². The van der Waals surface area contributed by atoms with Crippen molar-refractivity contribution in [2.24, 2.45) is 0 Å². The number of aliphatic hydroxyl groups is 1. The van der Waals surface area contributed by atoms with Gasteiger partial charge >= 0.3 is 0 Å². The molecule has 1 aliphatic heterocycles. The van der Waals surface area contributed by atoms with E-state index in [1.54, 1.807) is 18.6 Å². The quantitative estimate of drug-likeness (QED) is 0.188. The summed E-state index contributed by atoms with van der Waals surface area (Å²) in [5.41, 5.74) is 2.53. The van der Waals surface area contributed by atoms with Crippen LogP contribution in [0.2, 0.25) is 0 Å². The molecule has 1 aliphatic rings. The molecule has 0 aliphatic carbocycles. The molecule has 0 spiro atoms. The first-order valence-electron chi connectivity index (χ1n) is 10.8. The summed E-state index contributed by atoms with van der Waals surface area (Å²) >= 11 is 0. The molecule has 0 radical (unpaired) electrons. The number of hydrogen-bond acceptors (Lipinski definition) is 6. The third-order valence-corrected chi connectivity index (χ3v) is 5.98. The molecule has 2 heterocycles. The fourth-order valence-electron chi connectivity index (χ4n) is 4.21. The zero-order valence-corrected chi connectivity index (χ0v) is 18.8. The van der Waals surface area contributed by atoms with Crippen LogP contribution in [0.4, 0.5) is 5.69 Å². The number of carbonyl (C=O) groups excluding carboxylic acids is 2. The number of Topliss-reactive ketones (excluding diaryl/α,β-unsaturated/α-hetero) is 1. The van der Waals surface area contributed by atoms with Crippen molar-refractivity contribution in [3.63, 3.8) is 0 Å². The monoisotopic (exact) mass is 460 g/mol. The van der Waals surface area contributed by atoms with Gasteiger partial charge < -0.3 is 14.6 Å². The predicted octanol–water partition coefficient (Wildman–Crippen LogP) is 3.92. The van der Waals surface area contributed by atoms with Crippen LogP contribution in [0.3, 0.4) is 0 Å². The Morgan fingerprint density at radius 3 is 2.50 bits per heavy atom. The molecule has 1 fully saturated rings. The van der Waals surface area contributed by atoms with Gasteiger partial charge in [0.2, 0.25) is 0 Å². The molecule has 2 aromatic carbocycles. The van der Waals surface area contributed by atoms with Crippen molar-refractivity contribution in [3.8, 4) is 0 Å². The first-order chi connectivity index (χ1) is 16.3. The zero-order chi connectivity index (χ0) is 24.4. The number of rotatable bonds is 7. The minimum atomic E-state index is -0.858.